The second kappa shape index (κ2) is 33.5. The SMILES string of the molecule is CN(/N=C/c1ccncc1)c1ccccc1.CN(C)c1ccc(N=Nc2cc[n+](CCCBr)cc2)cc1.CN(C)c1ccc(N=Nc2cc[n+](CCC[n+]3ccc(/C=N\N(C)c4ccccc4)cc3)cc2)cc1.[Br-].[Br-]. The van der Waals surface area contributed by atoms with Crippen molar-refractivity contribution in [3.8, 4) is 0 Å². The van der Waals surface area contributed by atoms with Gasteiger partial charge in [0.05, 0.1) is 53.0 Å². The number of anilines is 4. The molecule has 0 unspecified atom stereocenters. The first-order valence-corrected chi connectivity index (χ1v) is 25.2. The first kappa shape index (κ1) is 60.2. The van der Waals surface area contributed by atoms with E-state index in [0.717, 1.165) is 94.4 Å². The van der Waals surface area contributed by atoms with Gasteiger partial charge in [0.15, 0.2) is 50.3 Å². The predicted molar refractivity (Wildman–Crippen MR) is 302 cm³/mol. The summed E-state index contributed by atoms with van der Waals surface area (Å²) in [5.41, 5.74) is 9.93. The molecule has 0 radical (unpaired) electrons. The Hall–Kier alpha value is -7.34. The van der Waals surface area contributed by atoms with Crippen LogP contribution < -0.4 is 67.5 Å². The highest BCUT2D eigenvalue weighted by atomic mass is 79.9. The number of rotatable bonds is 19. The number of aromatic nitrogens is 4. The Bertz CT molecular complexity index is 2910. The number of nitrogens with zero attached hydrogens (tertiary/aromatic N) is 14. The molecule has 4 aromatic heterocycles. The number of pyridine rings is 4. The second-order valence-corrected chi connectivity index (χ2v) is 17.9. The number of hydrogen-bond donors (Lipinski definition) is 0. The van der Waals surface area contributed by atoms with Gasteiger partial charge in [-0.3, -0.25) is 15.0 Å². The number of halogens is 3. The summed E-state index contributed by atoms with van der Waals surface area (Å²) in [4.78, 5) is 8.08. The third-order valence-corrected chi connectivity index (χ3v) is 11.6. The Morgan fingerprint density at radius 3 is 1.09 bits per heavy atom. The van der Waals surface area contributed by atoms with Crippen molar-refractivity contribution < 1.29 is 47.7 Å². The number of hydrogen-bond acceptors (Lipinski definition) is 11. The van der Waals surface area contributed by atoms with Crippen LogP contribution >= 0.6 is 15.9 Å². The fraction of sp³-hybridized carbons (Fsp3) is 0.207. The van der Waals surface area contributed by atoms with Crippen LogP contribution in [0.1, 0.15) is 24.0 Å². The maximum atomic E-state index is 4.52. The second-order valence-electron chi connectivity index (χ2n) is 17.1. The van der Waals surface area contributed by atoms with Gasteiger partial charge in [0.2, 0.25) is 0 Å². The fourth-order valence-electron chi connectivity index (χ4n) is 6.76. The van der Waals surface area contributed by atoms with Crippen LogP contribution in [0.4, 0.5) is 45.5 Å². The summed E-state index contributed by atoms with van der Waals surface area (Å²) < 4.78 is 6.51. The molecular weight excluding hydrogens is 1130 g/mol. The lowest BCUT2D eigenvalue weighted by Crippen LogP contribution is -3.00. The lowest BCUT2D eigenvalue weighted by molar-refractivity contribution is -0.726. The predicted octanol–water partition coefficient (Wildman–Crippen LogP) is 6.10. The molecule has 388 valence electrons. The van der Waals surface area contributed by atoms with E-state index in [1.165, 1.54) is 0 Å². The zero-order valence-corrected chi connectivity index (χ0v) is 48.2. The summed E-state index contributed by atoms with van der Waals surface area (Å²) in [5, 5.41) is 30.8. The third-order valence-electron chi connectivity index (χ3n) is 11.1. The quantitative estimate of drug-likeness (QED) is 0.0320. The molecule has 0 bridgehead atoms. The van der Waals surface area contributed by atoms with E-state index in [1.54, 1.807) is 12.4 Å². The zero-order valence-electron chi connectivity index (χ0n) is 43.4. The van der Waals surface area contributed by atoms with E-state index in [4.69, 9.17) is 0 Å². The van der Waals surface area contributed by atoms with Crippen LogP contribution in [-0.4, -0.2) is 65.0 Å². The molecule has 0 aliphatic carbocycles. The normalized spacial score (nSPS) is 10.8. The van der Waals surface area contributed by atoms with E-state index in [-0.39, 0.29) is 34.0 Å². The molecule has 4 aromatic carbocycles. The third kappa shape index (κ3) is 22.0. The molecule has 0 fully saturated rings. The maximum absolute atomic E-state index is 4.52. The number of para-hydroxylation sites is 2. The molecule has 0 atom stereocenters. The summed E-state index contributed by atoms with van der Waals surface area (Å²) in [7, 11) is 12.0. The summed E-state index contributed by atoms with van der Waals surface area (Å²) in [6.07, 6.45) is 21.7. The van der Waals surface area contributed by atoms with Crippen LogP contribution in [0.2, 0.25) is 0 Å². The molecule has 4 heterocycles. The minimum atomic E-state index is 0. The number of benzene rings is 4. The van der Waals surface area contributed by atoms with Gasteiger partial charge < -0.3 is 43.8 Å². The highest BCUT2D eigenvalue weighted by Gasteiger charge is 2.07. The van der Waals surface area contributed by atoms with Crippen LogP contribution in [-0.2, 0) is 19.6 Å². The average molecular weight is 1200 g/mol. The number of hydrazone groups is 2. The Balaban J connectivity index is 0.000000265. The van der Waals surface area contributed by atoms with Gasteiger partial charge in [-0.15, -0.1) is 0 Å². The highest BCUT2D eigenvalue weighted by Crippen LogP contribution is 2.22. The molecule has 75 heavy (non-hydrogen) atoms. The van der Waals surface area contributed by atoms with Gasteiger partial charge in [-0.2, -0.15) is 30.7 Å². The molecule has 0 saturated carbocycles. The van der Waals surface area contributed by atoms with E-state index in [1.807, 2.05) is 223 Å². The van der Waals surface area contributed by atoms with Gasteiger partial charge in [-0.05, 0) is 90.5 Å². The largest absolute Gasteiger partial charge is 1.00 e. The molecule has 0 aliphatic rings. The average Bonchev–Trinajstić information content (AvgIpc) is 3.44. The molecule has 0 aliphatic heterocycles. The topological polar surface area (TPSA) is 112 Å². The molecule has 0 amide bonds. The van der Waals surface area contributed by atoms with Gasteiger partial charge in [-0.25, -0.2) is 13.7 Å². The first-order valence-electron chi connectivity index (χ1n) is 24.1. The lowest BCUT2D eigenvalue weighted by atomic mass is 10.3. The summed E-state index contributed by atoms with van der Waals surface area (Å²) in [6.45, 7) is 2.88. The first-order chi connectivity index (χ1) is 35.6. The molecule has 0 saturated heterocycles. The van der Waals surface area contributed by atoms with Crippen molar-refractivity contribution in [1.82, 2.24) is 4.98 Å². The minimum absolute atomic E-state index is 0. The molecular formula is C58H66Br3N14+. The standard InChI is InChI=1S/C29H33N7.C16H20BrN4.C13H13N3.2BrH/c1-33(2)28-12-10-26(11-13-28)31-32-27-16-22-36(23-17-27)19-7-18-35-20-14-25(15-21-35)24-30-34(3)29-8-5-4-6-9-29;1-20(2)16-6-4-14(5-7-16)18-19-15-8-12-21(13-9-15)11-3-10-17;1-16(13-5-3-2-4-6-13)15-11-12-7-9-14-10-8-12;;/h4-6,8-17,20-24H,7,18-19H2,1-3H3;4-9,12-13H,3,10-11H2,1-2H3;2-11H,1H3;2*1H/q+2;+1;;;/p-2/b;;15-11+;;. The molecule has 0 spiro atoms. The molecule has 8 aromatic rings. The van der Waals surface area contributed by atoms with Gasteiger partial charge >= 0.3 is 0 Å². The Labute approximate surface area is 472 Å². The summed E-state index contributed by atoms with van der Waals surface area (Å²) in [5.74, 6) is 0. The number of aryl methyl sites for hydroxylation is 3. The summed E-state index contributed by atoms with van der Waals surface area (Å²) in [6, 6.07) is 52.1. The van der Waals surface area contributed by atoms with Crippen molar-refractivity contribution >= 4 is 73.9 Å². The van der Waals surface area contributed by atoms with E-state index < -0.39 is 0 Å². The summed E-state index contributed by atoms with van der Waals surface area (Å²) >= 11 is 3.44. The Morgan fingerprint density at radius 2 is 0.733 bits per heavy atom. The van der Waals surface area contributed by atoms with E-state index in [2.05, 4.69) is 112 Å². The van der Waals surface area contributed by atoms with Crippen molar-refractivity contribution in [1.29, 1.82) is 0 Å². The molecule has 17 heteroatoms. The van der Waals surface area contributed by atoms with Crippen molar-refractivity contribution in [2.24, 2.45) is 30.7 Å². The van der Waals surface area contributed by atoms with E-state index in [0.29, 0.717) is 0 Å². The fourth-order valence-corrected chi connectivity index (χ4v) is 7.01. The van der Waals surface area contributed by atoms with Crippen molar-refractivity contribution in [2.45, 2.75) is 32.5 Å². The van der Waals surface area contributed by atoms with Gasteiger partial charge in [0, 0.05) is 120 Å². The van der Waals surface area contributed by atoms with Crippen molar-refractivity contribution in [2.75, 3.05) is 67.4 Å². The monoisotopic (exact) mass is 1200 g/mol. The van der Waals surface area contributed by atoms with Gasteiger partial charge in [-0.1, -0.05) is 52.3 Å². The zero-order chi connectivity index (χ0) is 51.5. The Kier molecular flexibility index (Phi) is 26.9. The van der Waals surface area contributed by atoms with Crippen molar-refractivity contribution in [3.05, 3.63) is 218 Å². The van der Waals surface area contributed by atoms with Crippen LogP contribution in [0.15, 0.2) is 238 Å². The highest BCUT2D eigenvalue weighted by molar-refractivity contribution is 9.09. The minimum Gasteiger partial charge on any atom is -1.00 e. The maximum Gasteiger partial charge on any atom is 0.171 e. The van der Waals surface area contributed by atoms with Crippen LogP contribution in [0.5, 0.6) is 0 Å². The van der Waals surface area contributed by atoms with Crippen LogP contribution in [0.3, 0.4) is 0 Å². The van der Waals surface area contributed by atoms with E-state index in [9.17, 15) is 0 Å². The van der Waals surface area contributed by atoms with Gasteiger partial charge in [0.1, 0.15) is 6.54 Å². The van der Waals surface area contributed by atoms with Crippen LogP contribution in [0, 0.1) is 0 Å². The van der Waals surface area contributed by atoms with Crippen LogP contribution in [0.25, 0.3) is 0 Å². The van der Waals surface area contributed by atoms with Gasteiger partial charge in [0.25, 0.3) is 0 Å². The smallest absolute Gasteiger partial charge is 0.171 e. The van der Waals surface area contributed by atoms with E-state index >= 15 is 0 Å². The van der Waals surface area contributed by atoms with Crippen molar-refractivity contribution in [3.63, 3.8) is 0 Å². The number of azo groups is 2. The molecule has 0 N–H and O–H groups in total. The molecule has 14 nitrogen and oxygen atoms in total. The Morgan fingerprint density at radius 1 is 0.400 bits per heavy atom. The molecule has 8 rings (SSSR count). The number of alkyl halides is 1. The lowest BCUT2D eigenvalue weighted by Gasteiger charge is -2.11.